The molecule has 0 aromatic heterocycles. The van der Waals surface area contributed by atoms with Gasteiger partial charge in [0, 0.05) is 11.8 Å². The maximum atomic E-state index is 12.3. The fourth-order valence-corrected chi connectivity index (χ4v) is 6.36. The molecule has 6 nitrogen and oxygen atoms in total. The van der Waals surface area contributed by atoms with Gasteiger partial charge in [0.05, 0.1) is 17.3 Å². The van der Waals surface area contributed by atoms with Gasteiger partial charge in [-0.2, -0.15) is 0 Å². The molecule has 0 saturated carbocycles. The molecule has 2 aliphatic heterocycles. The third kappa shape index (κ3) is 4.60. The Balaban J connectivity index is 1.90. The summed E-state index contributed by atoms with van der Waals surface area (Å²) in [7, 11) is -2.94. The Labute approximate surface area is 129 Å². The largest absolute Gasteiger partial charge is 0.480 e. The molecular weight excluding hydrogens is 314 g/mol. The number of carboxylic acid groups (broad SMARTS) is 1. The zero-order chi connectivity index (χ0) is 15.5. The van der Waals surface area contributed by atoms with E-state index in [0.717, 1.165) is 19.3 Å². The van der Waals surface area contributed by atoms with Crippen molar-refractivity contribution < 1.29 is 23.1 Å². The number of amides is 1. The Hall–Kier alpha value is -0.760. The van der Waals surface area contributed by atoms with Crippen LogP contribution in [0.1, 0.15) is 32.1 Å². The van der Waals surface area contributed by atoms with Gasteiger partial charge in [0.15, 0.2) is 9.84 Å². The van der Waals surface area contributed by atoms with Gasteiger partial charge in [-0.1, -0.05) is 12.8 Å². The zero-order valence-corrected chi connectivity index (χ0v) is 13.5. The number of sulfone groups is 1. The third-order valence-electron chi connectivity index (χ3n) is 3.99. The molecule has 2 rings (SSSR count). The molecule has 1 N–H and O–H groups in total. The number of carbonyl (C=O) groups is 2. The average molecular weight is 335 g/mol. The Bertz CT molecular complexity index is 505. The van der Waals surface area contributed by atoms with Crippen molar-refractivity contribution in [1.82, 2.24) is 4.90 Å². The van der Waals surface area contributed by atoms with Crippen LogP contribution in [0.15, 0.2) is 0 Å². The van der Waals surface area contributed by atoms with Gasteiger partial charge in [-0.3, -0.25) is 4.79 Å². The van der Waals surface area contributed by atoms with Gasteiger partial charge in [-0.05, 0) is 19.3 Å². The highest BCUT2D eigenvalue weighted by Crippen LogP contribution is 2.25. The van der Waals surface area contributed by atoms with Crippen LogP contribution in [0.3, 0.4) is 0 Å². The minimum atomic E-state index is -2.94. The lowest BCUT2D eigenvalue weighted by molar-refractivity contribution is -0.149. The summed E-state index contributed by atoms with van der Waals surface area (Å²) in [4.78, 5) is 25.0. The van der Waals surface area contributed by atoms with Crippen LogP contribution in [0.2, 0.25) is 0 Å². The van der Waals surface area contributed by atoms with Crippen molar-refractivity contribution in [2.75, 3.05) is 23.8 Å². The standard InChI is InChI=1S/C13H21NO5S2/c15-12(8-20-10-5-7-21(18,19)9-10)14-6-3-1-2-4-11(14)13(16)17/h10-11H,1-9H2,(H,16,17). The molecule has 0 aromatic carbocycles. The van der Waals surface area contributed by atoms with Gasteiger partial charge < -0.3 is 10.0 Å². The van der Waals surface area contributed by atoms with Crippen molar-refractivity contribution in [2.45, 2.75) is 43.4 Å². The van der Waals surface area contributed by atoms with Crippen LogP contribution in [0, 0.1) is 0 Å². The lowest BCUT2D eigenvalue weighted by atomic mass is 10.1. The van der Waals surface area contributed by atoms with Gasteiger partial charge in [0.2, 0.25) is 5.91 Å². The number of rotatable bonds is 4. The first-order chi connectivity index (χ1) is 9.89. The maximum Gasteiger partial charge on any atom is 0.326 e. The highest BCUT2D eigenvalue weighted by atomic mass is 32.2. The summed E-state index contributed by atoms with van der Waals surface area (Å²) in [5, 5.41) is 9.22. The molecule has 2 saturated heterocycles. The molecule has 2 aliphatic rings. The predicted molar refractivity (Wildman–Crippen MR) is 81.1 cm³/mol. The Morgan fingerprint density at radius 1 is 1.19 bits per heavy atom. The van der Waals surface area contributed by atoms with Crippen LogP contribution >= 0.6 is 11.8 Å². The molecule has 0 aromatic rings. The first-order valence-corrected chi connectivity index (χ1v) is 10.1. The normalized spacial score (nSPS) is 29.0. The number of nitrogens with zero attached hydrogens (tertiary/aromatic N) is 1. The summed E-state index contributed by atoms with van der Waals surface area (Å²) in [6.45, 7) is 0.485. The van der Waals surface area contributed by atoms with Gasteiger partial charge in [0.25, 0.3) is 0 Å². The lowest BCUT2D eigenvalue weighted by Crippen LogP contribution is -2.45. The summed E-state index contributed by atoms with van der Waals surface area (Å²) in [6.07, 6.45) is 3.69. The topological polar surface area (TPSA) is 91.8 Å². The fraction of sp³-hybridized carbons (Fsp3) is 0.846. The molecule has 8 heteroatoms. The van der Waals surface area contributed by atoms with Crippen molar-refractivity contribution in [1.29, 1.82) is 0 Å². The Kier molecular flexibility index (Phi) is 5.54. The minimum absolute atomic E-state index is 0.0331. The Morgan fingerprint density at radius 2 is 1.95 bits per heavy atom. The van der Waals surface area contributed by atoms with E-state index in [1.54, 1.807) is 0 Å². The van der Waals surface area contributed by atoms with Gasteiger partial charge in [-0.25, -0.2) is 13.2 Å². The van der Waals surface area contributed by atoms with Crippen LogP contribution < -0.4 is 0 Å². The average Bonchev–Trinajstić information content (AvgIpc) is 2.64. The fourth-order valence-electron chi connectivity index (χ4n) is 2.83. The molecule has 2 atom stereocenters. The van der Waals surface area contributed by atoms with Crippen LogP contribution in [0.25, 0.3) is 0 Å². The highest BCUT2D eigenvalue weighted by molar-refractivity contribution is 8.02. The van der Waals surface area contributed by atoms with Crippen molar-refractivity contribution in [2.24, 2.45) is 0 Å². The SMILES string of the molecule is O=C(O)C1CCCCCN1C(=O)CSC1CCS(=O)(=O)C1. The molecule has 0 radical (unpaired) electrons. The number of thioether (sulfide) groups is 1. The summed E-state index contributed by atoms with van der Waals surface area (Å²) in [6, 6.07) is -0.729. The monoisotopic (exact) mass is 335 g/mol. The smallest absolute Gasteiger partial charge is 0.326 e. The number of carbonyl (C=O) groups excluding carboxylic acids is 1. The third-order valence-corrected chi connectivity index (χ3v) is 7.26. The van der Waals surface area contributed by atoms with Crippen molar-refractivity contribution >= 4 is 33.5 Å². The first-order valence-electron chi connectivity index (χ1n) is 7.23. The van der Waals surface area contributed by atoms with Gasteiger partial charge >= 0.3 is 5.97 Å². The number of aliphatic carboxylic acids is 1. The van der Waals surface area contributed by atoms with Gasteiger partial charge in [0.1, 0.15) is 6.04 Å². The molecule has 2 heterocycles. The minimum Gasteiger partial charge on any atom is -0.480 e. The Morgan fingerprint density at radius 3 is 2.57 bits per heavy atom. The molecule has 1 amide bonds. The van der Waals surface area contributed by atoms with E-state index in [0.29, 0.717) is 19.4 Å². The number of carboxylic acids is 1. The molecule has 0 bridgehead atoms. The summed E-state index contributed by atoms with van der Waals surface area (Å²) in [5.41, 5.74) is 0. The van der Waals surface area contributed by atoms with Crippen LogP contribution in [0.5, 0.6) is 0 Å². The molecule has 2 unspecified atom stereocenters. The second kappa shape index (κ2) is 7.00. The summed E-state index contributed by atoms with van der Waals surface area (Å²) in [5.74, 6) is -0.630. The second-order valence-corrected chi connectivity index (χ2v) is 9.14. The molecule has 0 aliphatic carbocycles. The van der Waals surface area contributed by atoms with Crippen LogP contribution in [-0.2, 0) is 19.4 Å². The van der Waals surface area contributed by atoms with E-state index in [2.05, 4.69) is 0 Å². The van der Waals surface area contributed by atoms with E-state index in [1.165, 1.54) is 16.7 Å². The summed E-state index contributed by atoms with van der Waals surface area (Å²) < 4.78 is 22.8. The molecule has 0 spiro atoms. The molecule has 120 valence electrons. The number of hydrogen-bond acceptors (Lipinski definition) is 5. The van der Waals surface area contributed by atoms with E-state index in [9.17, 15) is 23.1 Å². The van der Waals surface area contributed by atoms with E-state index in [-0.39, 0.29) is 28.4 Å². The van der Waals surface area contributed by atoms with Crippen molar-refractivity contribution in [3.05, 3.63) is 0 Å². The highest BCUT2D eigenvalue weighted by Gasteiger charge is 2.32. The van der Waals surface area contributed by atoms with E-state index < -0.39 is 21.8 Å². The molecular formula is C13H21NO5S2. The molecule has 2 fully saturated rings. The van der Waals surface area contributed by atoms with Crippen LogP contribution in [-0.4, -0.2) is 65.4 Å². The first kappa shape index (κ1) is 16.6. The predicted octanol–water partition coefficient (Wildman–Crippen LogP) is 0.763. The van der Waals surface area contributed by atoms with E-state index in [1.807, 2.05) is 0 Å². The second-order valence-electron chi connectivity index (χ2n) is 5.63. The van der Waals surface area contributed by atoms with Crippen LogP contribution in [0.4, 0.5) is 0 Å². The quantitative estimate of drug-likeness (QED) is 0.815. The molecule has 21 heavy (non-hydrogen) atoms. The van der Waals surface area contributed by atoms with E-state index in [4.69, 9.17) is 0 Å². The van der Waals surface area contributed by atoms with Crippen molar-refractivity contribution in [3.63, 3.8) is 0 Å². The van der Waals surface area contributed by atoms with Crippen molar-refractivity contribution in [3.8, 4) is 0 Å². The van der Waals surface area contributed by atoms with Gasteiger partial charge in [-0.15, -0.1) is 11.8 Å². The van der Waals surface area contributed by atoms with E-state index >= 15 is 0 Å². The maximum absolute atomic E-state index is 12.3. The number of likely N-dealkylation sites (tertiary alicyclic amines) is 1. The lowest BCUT2D eigenvalue weighted by Gasteiger charge is -2.27. The zero-order valence-electron chi connectivity index (χ0n) is 11.9. The summed E-state index contributed by atoms with van der Waals surface area (Å²) >= 11 is 1.35. The number of hydrogen-bond donors (Lipinski definition) is 1.